The molecule has 7 aromatic rings. The van der Waals surface area contributed by atoms with Crippen molar-refractivity contribution in [3.63, 3.8) is 0 Å². The Morgan fingerprint density at radius 2 is 0.929 bits per heavy atom. The maximum Gasteiger partial charge on any atom is 0.178 e. The van der Waals surface area contributed by atoms with Crippen LogP contribution in [0.2, 0.25) is 0 Å². The highest BCUT2D eigenvalue weighted by Gasteiger charge is 2.20. The third-order valence-electron chi connectivity index (χ3n) is 7.52. The van der Waals surface area contributed by atoms with Crippen molar-refractivity contribution in [3.8, 4) is 0 Å². The maximum atomic E-state index is 8.83. The van der Waals surface area contributed by atoms with Gasteiger partial charge >= 0.3 is 0 Å². The lowest BCUT2D eigenvalue weighted by Gasteiger charge is -2.04. The van der Waals surface area contributed by atoms with Crippen molar-refractivity contribution in [2.75, 3.05) is 0 Å². The molecule has 42 heavy (non-hydrogen) atoms. The van der Waals surface area contributed by atoms with Crippen LogP contribution in [0.5, 0.6) is 0 Å². The molecule has 0 bridgehead atoms. The van der Waals surface area contributed by atoms with Gasteiger partial charge < -0.3 is 31.1 Å². The fourth-order valence-electron chi connectivity index (χ4n) is 5.43. The van der Waals surface area contributed by atoms with Gasteiger partial charge in [-0.25, -0.2) is 0 Å². The Kier molecular flexibility index (Phi) is 5.95. The second-order valence-electron chi connectivity index (χ2n) is 10.1. The van der Waals surface area contributed by atoms with E-state index < -0.39 is 0 Å². The number of nitrogens with two attached hydrogens (primary N) is 2. The molecule has 0 fully saturated rings. The van der Waals surface area contributed by atoms with Crippen molar-refractivity contribution in [2.45, 2.75) is 0 Å². The molecule has 0 aliphatic carbocycles. The fourth-order valence-corrected chi connectivity index (χ4v) is 5.43. The summed E-state index contributed by atoms with van der Waals surface area (Å²) in [5, 5.41) is 20.9. The van der Waals surface area contributed by atoms with Crippen molar-refractivity contribution in [1.82, 2.24) is 0 Å². The Balaban J connectivity index is 1.36. The van der Waals surface area contributed by atoms with Gasteiger partial charge in [0.2, 0.25) is 0 Å². The lowest BCUT2D eigenvalue weighted by molar-refractivity contribution is 0.632. The van der Waals surface area contributed by atoms with E-state index in [-0.39, 0.29) is 5.71 Å². The lowest BCUT2D eigenvalue weighted by atomic mass is 10.0. The van der Waals surface area contributed by atoms with Gasteiger partial charge in [-0.15, -0.1) is 0 Å². The van der Waals surface area contributed by atoms with Crippen molar-refractivity contribution in [2.24, 2.45) is 11.5 Å². The molecule has 0 amide bonds. The molecule has 2 aromatic heterocycles. The van der Waals surface area contributed by atoms with E-state index in [9.17, 15) is 0 Å². The maximum absolute atomic E-state index is 8.83. The van der Waals surface area contributed by atoms with Crippen molar-refractivity contribution >= 4 is 66.7 Å². The molecule has 6 nitrogen and oxygen atoms in total. The van der Waals surface area contributed by atoms with Gasteiger partial charge in [0.05, 0.1) is 11.4 Å². The molecule has 7 rings (SSSR count). The van der Waals surface area contributed by atoms with Gasteiger partial charge in [0.15, 0.2) is 11.2 Å². The van der Waals surface area contributed by atoms with E-state index >= 15 is 0 Å². The zero-order valence-electron chi connectivity index (χ0n) is 22.5. The summed E-state index contributed by atoms with van der Waals surface area (Å²) in [7, 11) is 0. The number of nitrogens with one attached hydrogen (secondary N) is 2. The normalized spacial score (nSPS) is 12.5. The SMILES string of the molecule is N=C(/C=C(\N)c1cccc2c1oc1c2ccc2c3cccc(C(=N)/C=C(\N)c4ccccc4)c3oc21)c1ccccc1. The average Bonchev–Trinajstić information content (AvgIpc) is 3.60. The van der Waals surface area contributed by atoms with Crippen LogP contribution in [-0.2, 0) is 0 Å². The molecule has 0 spiro atoms. The van der Waals surface area contributed by atoms with Gasteiger partial charge in [-0.05, 0) is 47.5 Å². The van der Waals surface area contributed by atoms with E-state index in [2.05, 4.69) is 0 Å². The summed E-state index contributed by atoms with van der Waals surface area (Å²) in [5.74, 6) is 0. The third-order valence-corrected chi connectivity index (χ3v) is 7.52. The van der Waals surface area contributed by atoms with Gasteiger partial charge in [-0.1, -0.05) is 84.9 Å². The standard InChI is InChI=1S/C36H26N4O2/c37-29(21-9-3-1-4-10-21)19-31(39)27-15-7-13-23-25-17-18-26-24-14-8-16-28(34(24)42-36(26)35(25)41-33(23)27)32(40)20-30(38)22-11-5-2-6-12-22/h1-20,37,40H,38-39H2/b30-20-,31-19-,37-29?,40-32?. The van der Waals surface area contributed by atoms with Crippen LogP contribution < -0.4 is 11.5 Å². The average molecular weight is 547 g/mol. The molecule has 0 radical (unpaired) electrons. The molecule has 6 N–H and O–H groups in total. The Labute approximate surface area is 241 Å². The number of allylic oxidation sites excluding steroid dienone is 2. The van der Waals surface area contributed by atoms with Crippen LogP contribution >= 0.6 is 0 Å². The van der Waals surface area contributed by atoms with Gasteiger partial charge in [-0.2, -0.15) is 0 Å². The summed E-state index contributed by atoms with van der Waals surface area (Å²) in [6.07, 6.45) is 3.31. The van der Waals surface area contributed by atoms with Gasteiger partial charge in [0.1, 0.15) is 11.2 Å². The molecule has 0 saturated heterocycles. The molecular formula is C36H26N4O2. The van der Waals surface area contributed by atoms with Crippen molar-refractivity contribution < 1.29 is 8.83 Å². The van der Waals surface area contributed by atoms with E-state index in [1.807, 2.05) is 109 Å². The Morgan fingerprint density at radius 1 is 0.452 bits per heavy atom. The van der Waals surface area contributed by atoms with Gasteiger partial charge in [0.25, 0.3) is 0 Å². The number of furan rings is 2. The van der Waals surface area contributed by atoms with Gasteiger partial charge in [0, 0.05) is 44.1 Å². The molecule has 0 aliphatic heterocycles. The molecule has 5 aromatic carbocycles. The Bertz CT molecular complexity index is 2240. The van der Waals surface area contributed by atoms with E-state index in [1.54, 1.807) is 12.2 Å². The minimum atomic E-state index is 0.253. The minimum absolute atomic E-state index is 0.253. The summed E-state index contributed by atoms with van der Waals surface area (Å²) in [5.41, 5.74) is 19.8. The van der Waals surface area contributed by atoms with Crippen LogP contribution in [0.1, 0.15) is 22.3 Å². The van der Waals surface area contributed by atoms with E-state index in [4.69, 9.17) is 31.1 Å². The van der Waals surface area contributed by atoms with E-state index in [1.165, 1.54) is 0 Å². The van der Waals surface area contributed by atoms with Crippen molar-refractivity contribution in [1.29, 1.82) is 10.8 Å². The van der Waals surface area contributed by atoms with Crippen LogP contribution in [-0.4, -0.2) is 11.4 Å². The predicted molar refractivity (Wildman–Crippen MR) is 172 cm³/mol. The quantitative estimate of drug-likeness (QED) is 0.157. The van der Waals surface area contributed by atoms with E-state index in [0.717, 1.165) is 32.7 Å². The number of hydrogen-bond donors (Lipinski definition) is 4. The minimum Gasteiger partial charge on any atom is -0.451 e. The first-order chi connectivity index (χ1) is 20.5. The molecule has 6 heteroatoms. The molecule has 0 unspecified atom stereocenters. The largest absolute Gasteiger partial charge is 0.451 e. The zero-order valence-corrected chi connectivity index (χ0v) is 22.5. The summed E-state index contributed by atoms with van der Waals surface area (Å²) >= 11 is 0. The van der Waals surface area contributed by atoms with E-state index in [0.29, 0.717) is 50.6 Å². The third kappa shape index (κ3) is 4.14. The molecule has 202 valence electrons. The van der Waals surface area contributed by atoms with Crippen molar-refractivity contribution in [3.05, 3.63) is 144 Å². The summed E-state index contributed by atoms with van der Waals surface area (Å²) in [4.78, 5) is 0. The van der Waals surface area contributed by atoms with Crippen LogP contribution in [0.4, 0.5) is 0 Å². The molecule has 0 saturated carbocycles. The highest BCUT2D eigenvalue weighted by Crippen LogP contribution is 2.40. The predicted octanol–water partition coefficient (Wildman–Crippen LogP) is 8.22. The second kappa shape index (κ2) is 9.94. The Morgan fingerprint density at radius 3 is 1.52 bits per heavy atom. The zero-order chi connectivity index (χ0) is 28.8. The highest BCUT2D eigenvalue weighted by molar-refractivity contribution is 6.24. The number of hydrogen-bond acceptors (Lipinski definition) is 6. The highest BCUT2D eigenvalue weighted by atomic mass is 16.4. The topological polar surface area (TPSA) is 126 Å². The smallest absolute Gasteiger partial charge is 0.178 e. The first kappa shape index (κ1) is 25.1. The fraction of sp³-hybridized carbons (Fsp3) is 0. The van der Waals surface area contributed by atoms with Crippen LogP contribution in [0, 0.1) is 10.8 Å². The second-order valence-corrected chi connectivity index (χ2v) is 10.1. The number of benzene rings is 5. The summed E-state index contributed by atoms with van der Waals surface area (Å²) in [6.45, 7) is 0. The molecule has 2 heterocycles. The van der Waals surface area contributed by atoms with Crippen LogP contribution in [0.15, 0.2) is 130 Å². The number of fused-ring (bicyclic) bond motifs is 7. The van der Waals surface area contributed by atoms with Crippen LogP contribution in [0.3, 0.4) is 0 Å². The summed E-state index contributed by atoms with van der Waals surface area (Å²) < 4.78 is 13.0. The molecular weight excluding hydrogens is 520 g/mol. The first-order valence-electron chi connectivity index (χ1n) is 13.5. The molecule has 0 aliphatic rings. The van der Waals surface area contributed by atoms with Gasteiger partial charge in [-0.3, -0.25) is 0 Å². The summed E-state index contributed by atoms with van der Waals surface area (Å²) in [6, 6.07) is 34.7. The first-order valence-corrected chi connectivity index (χ1v) is 13.5. The van der Waals surface area contributed by atoms with Crippen LogP contribution in [0.25, 0.3) is 55.3 Å². The lowest BCUT2D eigenvalue weighted by Crippen LogP contribution is -2.02. The monoisotopic (exact) mass is 546 g/mol. The Hall–Kier alpha value is -5.88. The number of rotatable bonds is 6. The number of para-hydroxylation sites is 2. The molecule has 0 atom stereocenters.